The molecular formula is C21H44O4Si2. The fraction of sp³-hybridized carbons (Fsp3) is 0.857. The van der Waals surface area contributed by atoms with Crippen LogP contribution < -0.4 is 0 Å². The van der Waals surface area contributed by atoms with Gasteiger partial charge in [-0.25, -0.2) is 4.79 Å². The molecule has 0 saturated carbocycles. The SMILES string of the molecule is CCOC(=O)C=CC[C@@H](O[Si](C)(C)C(C)(C)C)[C@@H](C)O[Si](C)(C)C(C)(C)C. The van der Waals surface area contributed by atoms with Crippen LogP contribution in [0.5, 0.6) is 0 Å². The van der Waals surface area contributed by atoms with Crippen LogP contribution in [0.4, 0.5) is 0 Å². The smallest absolute Gasteiger partial charge is 0.330 e. The van der Waals surface area contributed by atoms with Gasteiger partial charge in [-0.2, -0.15) is 0 Å². The number of hydrogen-bond acceptors (Lipinski definition) is 4. The minimum Gasteiger partial charge on any atom is -0.463 e. The lowest BCUT2D eigenvalue weighted by Gasteiger charge is -2.44. The first kappa shape index (κ1) is 26.6. The van der Waals surface area contributed by atoms with Crippen molar-refractivity contribution in [1.29, 1.82) is 0 Å². The summed E-state index contributed by atoms with van der Waals surface area (Å²) in [6.45, 7) is 26.8. The molecule has 0 aromatic rings. The van der Waals surface area contributed by atoms with Gasteiger partial charge in [0, 0.05) is 6.08 Å². The van der Waals surface area contributed by atoms with E-state index in [0.717, 1.165) is 0 Å². The highest BCUT2D eigenvalue weighted by Gasteiger charge is 2.43. The minimum atomic E-state index is -1.96. The summed E-state index contributed by atoms with van der Waals surface area (Å²) in [7, 11) is -3.87. The van der Waals surface area contributed by atoms with Crippen LogP contribution in [0.3, 0.4) is 0 Å². The number of hydrogen-bond donors (Lipinski definition) is 0. The summed E-state index contributed by atoms with van der Waals surface area (Å²) >= 11 is 0. The van der Waals surface area contributed by atoms with Gasteiger partial charge in [0.1, 0.15) is 0 Å². The Labute approximate surface area is 170 Å². The summed E-state index contributed by atoms with van der Waals surface area (Å²) in [6, 6.07) is 0. The summed E-state index contributed by atoms with van der Waals surface area (Å²) in [5.41, 5.74) is 0. The standard InChI is InChI=1S/C21H44O4Si2/c1-13-23-19(22)16-14-15-18(25-27(11,12)21(6,7)8)17(2)24-26(9,10)20(3,4)5/h14,16-18H,13,15H2,1-12H3/t17-,18-/m1/s1. The van der Waals surface area contributed by atoms with Crippen LogP contribution >= 0.6 is 0 Å². The lowest BCUT2D eigenvalue weighted by molar-refractivity contribution is -0.137. The topological polar surface area (TPSA) is 44.8 Å². The molecule has 0 radical (unpaired) electrons. The molecule has 0 spiro atoms. The van der Waals surface area contributed by atoms with E-state index in [-0.39, 0.29) is 28.3 Å². The van der Waals surface area contributed by atoms with Crippen molar-refractivity contribution in [2.75, 3.05) is 6.61 Å². The van der Waals surface area contributed by atoms with Crippen LogP contribution in [-0.2, 0) is 18.4 Å². The Morgan fingerprint density at radius 1 is 0.926 bits per heavy atom. The van der Waals surface area contributed by atoms with Gasteiger partial charge in [-0.3, -0.25) is 0 Å². The zero-order valence-corrected chi connectivity index (χ0v) is 21.9. The van der Waals surface area contributed by atoms with E-state index in [2.05, 4.69) is 74.7 Å². The minimum absolute atomic E-state index is 0.0353. The van der Waals surface area contributed by atoms with Gasteiger partial charge in [-0.15, -0.1) is 0 Å². The molecule has 0 aliphatic rings. The third kappa shape index (κ3) is 8.63. The van der Waals surface area contributed by atoms with Crippen molar-refractivity contribution in [2.45, 2.75) is 110 Å². The van der Waals surface area contributed by atoms with Crippen LogP contribution in [0.25, 0.3) is 0 Å². The summed E-state index contributed by atoms with van der Waals surface area (Å²) in [5, 5.41) is 0.260. The van der Waals surface area contributed by atoms with Crippen molar-refractivity contribution < 1.29 is 18.4 Å². The zero-order valence-electron chi connectivity index (χ0n) is 19.9. The monoisotopic (exact) mass is 416 g/mol. The molecule has 0 bridgehead atoms. The average Bonchev–Trinajstić information content (AvgIpc) is 2.43. The lowest BCUT2D eigenvalue weighted by Crippen LogP contribution is -2.51. The number of esters is 1. The summed E-state index contributed by atoms with van der Waals surface area (Å²) < 4.78 is 18.3. The highest BCUT2D eigenvalue weighted by molar-refractivity contribution is 6.74. The van der Waals surface area contributed by atoms with Crippen molar-refractivity contribution in [2.24, 2.45) is 0 Å². The lowest BCUT2D eigenvalue weighted by atomic mass is 10.1. The summed E-state index contributed by atoms with van der Waals surface area (Å²) in [4.78, 5) is 11.6. The van der Waals surface area contributed by atoms with E-state index in [1.165, 1.54) is 6.08 Å². The maximum absolute atomic E-state index is 11.6. The first-order chi connectivity index (χ1) is 11.9. The molecule has 0 rings (SSSR count). The van der Waals surface area contributed by atoms with E-state index in [1.807, 2.05) is 13.0 Å². The molecule has 0 saturated heterocycles. The molecule has 0 aliphatic heterocycles. The van der Waals surface area contributed by atoms with E-state index >= 15 is 0 Å². The highest BCUT2D eigenvalue weighted by Crippen LogP contribution is 2.40. The molecule has 0 N–H and O–H groups in total. The van der Waals surface area contributed by atoms with Gasteiger partial charge >= 0.3 is 5.97 Å². The first-order valence-electron chi connectivity index (χ1n) is 10.1. The molecule has 0 fully saturated rings. The van der Waals surface area contributed by atoms with E-state index in [0.29, 0.717) is 13.0 Å². The maximum atomic E-state index is 11.6. The van der Waals surface area contributed by atoms with Gasteiger partial charge in [-0.05, 0) is 56.5 Å². The van der Waals surface area contributed by atoms with Crippen LogP contribution in [0.15, 0.2) is 12.2 Å². The van der Waals surface area contributed by atoms with Gasteiger partial charge < -0.3 is 13.6 Å². The number of carbonyl (C=O) groups excluding carboxylic acids is 1. The van der Waals surface area contributed by atoms with E-state index < -0.39 is 16.6 Å². The van der Waals surface area contributed by atoms with Crippen LogP contribution in [-0.4, -0.2) is 41.4 Å². The Bertz CT molecular complexity index is 499. The Morgan fingerprint density at radius 3 is 1.78 bits per heavy atom. The van der Waals surface area contributed by atoms with Gasteiger partial charge in [-0.1, -0.05) is 47.6 Å². The Morgan fingerprint density at radius 2 is 1.37 bits per heavy atom. The van der Waals surface area contributed by atoms with E-state index in [1.54, 1.807) is 0 Å². The second-order valence-electron chi connectivity index (χ2n) is 10.4. The molecule has 0 amide bonds. The second-order valence-corrected chi connectivity index (χ2v) is 19.9. The Kier molecular flexibility index (Phi) is 9.69. The molecule has 0 aliphatic carbocycles. The van der Waals surface area contributed by atoms with Crippen molar-refractivity contribution in [3.05, 3.63) is 12.2 Å². The highest BCUT2D eigenvalue weighted by atomic mass is 28.4. The molecular weight excluding hydrogens is 372 g/mol. The molecule has 6 heteroatoms. The molecule has 0 unspecified atom stereocenters. The van der Waals surface area contributed by atoms with Crippen molar-refractivity contribution in [1.82, 2.24) is 0 Å². The van der Waals surface area contributed by atoms with Gasteiger partial charge in [0.2, 0.25) is 0 Å². The molecule has 0 aromatic heterocycles. The third-order valence-electron chi connectivity index (χ3n) is 5.97. The van der Waals surface area contributed by atoms with Crippen molar-refractivity contribution in [3.8, 4) is 0 Å². The first-order valence-corrected chi connectivity index (χ1v) is 15.9. The zero-order chi connectivity index (χ0) is 21.7. The quantitative estimate of drug-likeness (QED) is 0.251. The predicted octanol–water partition coefficient (Wildman–Crippen LogP) is 6.30. The fourth-order valence-electron chi connectivity index (χ4n) is 2.10. The number of ether oxygens (including phenoxy) is 1. The summed E-state index contributed by atoms with van der Waals surface area (Å²) in [5.74, 6) is -0.304. The normalized spacial score (nSPS) is 16.4. The molecule has 2 atom stereocenters. The molecule has 4 nitrogen and oxygen atoms in total. The van der Waals surface area contributed by atoms with Crippen LogP contribution in [0.2, 0.25) is 36.3 Å². The molecule has 27 heavy (non-hydrogen) atoms. The van der Waals surface area contributed by atoms with Crippen molar-refractivity contribution >= 4 is 22.6 Å². The van der Waals surface area contributed by atoms with Gasteiger partial charge in [0.15, 0.2) is 16.6 Å². The second kappa shape index (κ2) is 9.85. The summed E-state index contributed by atoms with van der Waals surface area (Å²) in [6.07, 6.45) is 3.89. The molecule has 0 aromatic carbocycles. The predicted molar refractivity (Wildman–Crippen MR) is 120 cm³/mol. The Balaban J connectivity index is 5.42. The van der Waals surface area contributed by atoms with E-state index in [4.69, 9.17) is 13.6 Å². The largest absolute Gasteiger partial charge is 0.463 e. The van der Waals surface area contributed by atoms with Crippen LogP contribution in [0, 0.1) is 0 Å². The average molecular weight is 417 g/mol. The maximum Gasteiger partial charge on any atom is 0.330 e. The Hall–Kier alpha value is -0.436. The number of carbonyl (C=O) groups is 1. The molecule has 160 valence electrons. The van der Waals surface area contributed by atoms with E-state index in [9.17, 15) is 4.79 Å². The number of rotatable bonds is 9. The fourth-order valence-corrected chi connectivity index (χ4v) is 4.93. The van der Waals surface area contributed by atoms with Crippen molar-refractivity contribution in [3.63, 3.8) is 0 Å². The van der Waals surface area contributed by atoms with Gasteiger partial charge in [0.25, 0.3) is 0 Å². The third-order valence-corrected chi connectivity index (χ3v) is 15.0. The van der Waals surface area contributed by atoms with Gasteiger partial charge in [0.05, 0.1) is 18.8 Å². The van der Waals surface area contributed by atoms with Crippen LogP contribution in [0.1, 0.15) is 61.8 Å². The molecule has 0 heterocycles.